The highest BCUT2D eigenvalue weighted by Crippen LogP contribution is 2.30. The number of aromatic nitrogens is 2. The second-order valence-corrected chi connectivity index (χ2v) is 5.49. The van der Waals surface area contributed by atoms with Crippen LogP contribution >= 0.6 is 27.5 Å². The normalized spacial score (nSPS) is 11.0. The number of rotatable bonds is 3. The quantitative estimate of drug-likeness (QED) is 0.835. The first kappa shape index (κ1) is 13.4. The number of halogens is 2. The van der Waals surface area contributed by atoms with E-state index in [1.165, 1.54) is 0 Å². The first-order chi connectivity index (χ1) is 8.49. The van der Waals surface area contributed by atoms with Crippen molar-refractivity contribution in [2.75, 3.05) is 0 Å². The Hall–Kier alpha value is -1.00. The lowest BCUT2D eigenvalue weighted by molar-refractivity contribution is 0.230. The SMILES string of the molecule is Cc1c(Br)c(OC(C)C)nn1-c1ccc(Cl)cc1. The largest absolute Gasteiger partial charge is 0.473 e. The molecular formula is C13H14BrClN2O. The molecule has 0 fully saturated rings. The fraction of sp³-hybridized carbons (Fsp3) is 0.308. The molecule has 18 heavy (non-hydrogen) atoms. The van der Waals surface area contributed by atoms with Crippen LogP contribution in [-0.2, 0) is 0 Å². The lowest BCUT2D eigenvalue weighted by Crippen LogP contribution is -2.06. The zero-order valence-corrected chi connectivity index (χ0v) is 12.8. The van der Waals surface area contributed by atoms with Crippen molar-refractivity contribution < 1.29 is 4.74 Å². The number of ether oxygens (including phenoxy) is 1. The number of benzene rings is 1. The highest BCUT2D eigenvalue weighted by Gasteiger charge is 2.15. The molecule has 1 aromatic carbocycles. The minimum atomic E-state index is 0.0919. The Kier molecular flexibility index (Phi) is 3.97. The van der Waals surface area contributed by atoms with Gasteiger partial charge in [-0.1, -0.05) is 11.6 Å². The molecule has 0 spiro atoms. The first-order valence-corrected chi connectivity index (χ1v) is 6.84. The molecule has 1 aromatic heterocycles. The van der Waals surface area contributed by atoms with Crippen molar-refractivity contribution in [1.82, 2.24) is 9.78 Å². The molecule has 0 N–H and O–H groups in total. The maximum Gasteiger partial charge on any atom is 0.248 e. The van der Waals surface area contributed by atoms with Gasteiger partial charge in [-0.2, -0.15) is 0 Å². The summed E-state index contributed by atoms with van der Waals surface area (Å²) in [6.07, 6.45) is 0.0919. The summed E-state index contributed by atoms with van der Waals surface area (Å²) in [6.45, 7) is 5.94. The molecule has 0 bridgehead atoms. The summed E-state index contributed by atoms with van der Waals surface area (Å²) >= 11 is 9.39. The molecule has 0 saturated carbocycles. The van der Waals surface area contributed by atoms with Gasteiger partial charge in [0, 0.05) is 5.02 Å². The van der Waals surface area contributed by atoms with Crippen LogP contribution in [0, 0.1) is 6.92 Å². The zero-order chi connectivity index (χ0) is 13.3. The minimum absolute atomic E-state index is 0.0919. The van der Waals surface area contributed by atoms with Crippen molar-refractivity contribution in [3.05, 3.63) is 39.5 Å². The molecule has 2 rings (SSSR count). The molecule has 0 aliphatic rings. The van der Waals surface area contributed by atoms with Crippen molar-refractivity contribution in [1.29, 1.82) is 0 Å². The molecule has 96 valence electrons. The summed E-state index contributed by atoms with van der Waals surface area (Å²) in [7, 11) is 0. The van der Waals surface area contributed by atoms with Crippen LogP contribution in [0.15, 0.2) is 28.7 Å². The number of nitrogens with zero attached hydrogens (tertiary/aromatic N) is 2. The van der Waals surface area contributed by atoms with E-state index in [2.05, 4.69) is 21.0 Å². The second kappa shape index (κ2) is 5.33. The molecule has 5 heteroatoms. The molecule has 1 heterocycles. The monoisotopic (exact) mass is 328 g/mol. The van der Waals surface area contributed by atoms with Crippen molar-refractivity contribution in [2.24, 2.45) is 0 Å². The standard InChI is InChI=1S/C13H14BrClN2O/c1-8(2)18-13-12(14)9(3)17(16-13)11-6-4-10(15)5-7-11/h4-8H,1-3H3. The third kappa shape index (κ3) is 2.70. The third-order valence-electron chi connectivity index (χ3n) is 2.43. The van der Waals surface area contributed by atoms with Gasteiger partial charge in [0.05, 0.1) is 17.5 Å². The Morgan fingerprint density at radius 2 is 1.89 bits per heavy atom. The van der Waals surface area contributed by atoms with Crippen LogP contribution in [0.3, 0.4) is 0 Å². The maximum atomic E-state index is 5.88. The highest BCUT2D eigenvalue weighted by atomic mass is 79.9. The topological polar surface area (TPSA) is 27.1 Å². The van der Waals surface area contributed by atoms with E-state index in [0.29, 0.717) is 10.9 Å². The minimum Gasteiger partial charge on any atom is -0.473 e. The highest BCUT2D eigenvalue weighted by molar-refractivity contribution is 9.10. The van der Waals surface area contributed by atoms with Crippen LogP contribution in [0.2, 0.25) is 5.02 Å². The van der Waals surface area contributed by atoms with Gasteiger partial charge >= 0.3 is 0 Å². The summed E-state index contributed by atoms with van der Waals surface area (Å²) in [4.78, 5) is 0. The smallest absolute Gasteiger partial charge is 0.248 e. The maximum absolute atomic E-state index is 5.88. The fourth-order valence-electron chi connectivity index (χ4n) is 1.59. The summed E-state index contributed by atoms with van der Waals surface area (Å²) in [6, 6.07) is 7.53. The summed E-state index contributed by atoms with van der Waals surface area (Å²) in [5.41, 5.74) is 1.95. The van der Waals surface area contributed by atoms with Crippen LogP contribution < -0.4 is 4.74 Å². The van der Waals surface area contributed by atoms with Crippen molar-refractivity contribution in [2.45, 2.75) is 26.9 Å². The van der Waals surface area contributed by atoms with Crippen LogP contribution in [-0.4, -0.2) is 15.9 Å². The van der Waals surface area contributed by atoms with Crippen molar-refractivity contribution in [3.63, 3.8) is 0 Å². The van der Waals surface area contributed by atoms with Gasteiger partial charge in [-0.3, -0.25) is 0 Å². The summed E-state index contributed by atoms with van der Waals surface area (Å²) in [5.74, 6) is 0.609. The Bertz CT molecular complexity index is 549. The van der Waals surface area contributed by atoms with Crippen molar-refractivity contribution >= 4 is 27.5 Å². The van der Waals surface area contributed by atoms with E-state index in [9.17, 15) is 0 Å². The molecule has 0 amide bonds. The molecule has 0 aliphatic heterocycles. The molecule has 0 unspecified atom stereocenters. The fourth-order valence-corrected chi connectivity index (χ4v) is 2.06. The van der Waals surface area contributed by atoms with Gasteiger partial charge < -0.3 is 4.74 Å². The Labute approximate surface area is 120 Å². The lowest BCUT2D eigenvalue weighted by atomic mass is 10.3. The van der Waals surface area contributed by atoms with Crippen LogP contribution in [0.1, 0.15) is 19.5 Å². The molecule has 0 radical (unpaired) electrons. The Morgan fingerprint density at radius 1 is 1.28 bits per heavy atom. The Balaban J connectivity index is 2.42. The third-order valence-corrected chi connectivity index (χ3v) is 3.60. The van der Waals surface area contributed by atoms with Gasteiger partial charge in [0.25, 0.3) is 0 Å². The number of hydrogen-bond donors (Lipinski definition) is 0. The van der Waals surface area contributed by atoms with E-state index >= 15 is 0 Å². The Morgan fingerprint density at radius 3 is 2.44 bits per heavy atom. The average molecular weight is 330 g/mol. The molecule has 3 nitrogen and oxygen atoms in total. The van der Waals surface area contributed by atoms with Gasteiger partial charge in [0.1, 0.15) is 4.47 Å². The van der Waals surface area contributed by atoms with E-state index in [0.717, 1.165) is 15.9 Å². The molecule has 0 atom stereocenters. The van der Waals surface area contributed by atoms with Gasteiger partial charge in [-0.05, 0) is 61.0 Å². The van der Waals surface area contributed by atoms with Gasteiger partial charge in [0.2, 0.25) is 5.88 Å². The van der Waals surface area contributed by atoms with Crippen LogP contribution in [0.5, 0.6) is 5.88 Å². The molecule has 0 saturated heterocycles. The van der Waals surface area contributed by atoms with E-state index in [-0.39, 0.29) is 6.10 Å². The van der Waals surface area contributed by atoms with E-state index < -0.39 is 0 Å². The number of hydrogen-bond acceptors (Lipinski definition) is 2. The second-order valence-electron chi connectivity index (χ2n) is 4.26. The average Bonchev–Trinajstić information content (AvgIpc) is 2.58. The van der Waals surface area contributed by atoms with Crippen LogP contribution in [0.25, 0.3) is 5.69 Å². The van der Waals surface area contributed by atoms with Gasteiger partial charge in [-0.15, -0.1) is 5.10 Å². The van der Waals surface area contributed by atoms with Gasteiger partial charge in [0.15, 0.2) is 0 Å². The van der Waals surface area contributed by atoms with E-state index in [4.69, 9.17) is 16.3 Å². The van der Waals surface area contributed by atoms with Gasteiger partial charge in [-0.25, -0.2) is 4.68 Å². The summed E-state index contributed by atoms with van der Waals surface area (Å²) in [5, 5.41) is 5.16. The molecule has 0 aliphatic carbocycles. The van der Waals surface area contributed by atoms with E-state index in [1.807, 2.05) is 49.7 Å². The first-order valence-electron chi connectivity index (χ1n) is 5.66. The molecular weight excluding hydrogens is 316 g/mol. The van der Waals surface area contributed by atoms with Crippen LogP contribution in [0.4, 0.5) is 0 Å². The van der Waals surface area contributed by atoms with E-state index in [1.54, 1.807) is 0 Å². The summed E-state index contributed by atoms with van der Waals surface area (Å²) < 4.78 is 8.36. The zero-order valence-electron chi connectivity index (χ0n) is 10.4. The van der Waals surface area contributed by atoms with Crippen molar-refractivity contribution in [3.8, 4) is 11.6 Å². The predicted molar refractivity (Wildman–Crippen MR) is 76.8 cm³/mol. The molecule has 2 aromatic rings. The lowest BCUT2D eigenvalue weighted by Gasteiger charge is -2.06. The predicted octanol–water partition coefficient (Wildman–Crippen LogP) is 4.38.